The van der Waals surface area contributed by atoms with Crippen molar-refractivity contribution in [2.75, 3.05) is 13.7 Å². The van der Waals surface area contributed by atoms with Gasteiger partial charge in [0.05, 0.1) is 6.10 Å². The molecule has 0 aromatic rings. The van der Waals surface area contributed by atoms with Crippen molar-refractivity contribution in [2.45, 2.75) is 84.3 Å². The highest BCUT2D eigenvalue weighted by Crippen LogP contribution is 2.12. The molecule has 17 heavy (non-hydrogen) atoms. The molecule has 0 saturated heterocycles. The van der Waals surface area contributed by atoms with Crippen LogP contribution in [0.15, 0.2) is 0 Å². The van der Waals surface area contributed by atoms with Gasteiger partial charge in [-0.05, 0) is 32.7 Å². The minimum absolute atomic E-state index is 0.375. The molecule has 0 bridgehead atoms. The van der Waals surface area contributed by atoms with Gasteiger partial charge in [-0.3, -0.25) is 0 Å². The average molecular weight is 243 g/mol. The summed E-state index contributed by atoms with van der Waals surface area (Å²) in [5.41, 5.74) is 0. The Balaban J connectivity index is 3.68. The Kier molecular flexibility index (Phi) is 12.3. The van der Waals surface area contributed by atoms with E-state index in [4.69, 9.17) is 4.74 Å². The summed E-state index contributed by atoms with van der Waals surface area (Å²) in [6, 6.07) is 0.645. The fraction of sp³-hybridized carbons (Fsp3) is 1.00. The van der Waals surface area contributed by atoms with Crippen molar-refractivity contribution in [1.29, 1.82) is 0 Å². The maximum absolute atomic E-state index is 5.37. The van der Waals surface area contributed by atoms with E-state index in [1.807, 2.05) is 7.11 Å². The molecular weight excluding hydrogens is 210 g/mol. The highest BCUT2D eigenvalue weighted by molar-refractivity contribution is 4.70. The third kappa shape index (κ3) is 10.8. The van der Waals surface area contributed by atoms with Crippen molar-refractivity contribution >= 4 is 0 Å². The molecule has 0 aromatic heterocycles. The van der Waals surface area contributed by atoms with Gasteiger partial charge in [-0.1, -0.05) is 46.0 Å². The van der Waals surface area contributed by atoms with Crippen LogP contribution in [0.25, 0.3) is 0 Å². The molecule has 2 nitrogen and oxygen atoms in total. The predicted molar refractivity (Wildman–Crippen MR) is 76.5 cm³/mol. The van der Waals surface area contributed by atoms with Gasteiger partial charge in [-0.25, -0.2) is 0 Å². The van der Waals surface area contributed by atoms with Gasteiger partial charge in [0.1, 0.15) is 0 Å². The maximum atomic E-state index is 5.37. The van der Waals surface area contributed by atoms with Gasteiger partial charge in [0.25, 0.3) is 0 Å². The van der Waals surface area contributed by atoms with Crippen molar-refractivity contribution in [2.24, 2.45) is 0 Å². The van der Waals surface area contributed by atoms with Gasteiger partial charge < -0.3 is 10.1 Å². The second-order valence-electron chi connectivity index (χ2n) is 5.14. The van der Waals surface area contributed by atoms with Crippen LogP contribution >= 0.6 is 0 Å². The van der Waals surface area contributed by atoms with E-state index in [2.05, 4.69) is 26.1 Å². The largest absolute Gasteiger partial charge is 0.382 e. The first-order chi connectivity index (χ1) is 8.24. The van der Waals surface area contributed by atoms with Crippen LogP contribution in [-0.2, 0) is 4.74 Å². The van der Waals surface area contributed by atoms with Gasteiger partial charge in [0.2, 0.25) is 0 Å². The molecule has 0 aliphatic heterocycles. The van der Waals surface area contributed by atoms with Gasteiger partial charge in [0.15, 0.2) is 0 Å². The molecule has 0 aliphatic rings. The standard InChI is InChI=1S/C15H33NO/c1-5-7-8-9-10-11-15(16-12-6-2)13-14(3)17-4/h14-16H,5-13H2,1-4H3. The monoisotopic (exact) mass is 243 g/mol. The molecule has 2 atom stereocenters. The Bertz CT molecular complexity index is 150. The van der Waals surface area contributed by atoms with E-state index in [9.17, 15) is 0 Å². The summed E-state index contributed by atoms with van der Waals surface area (Å²) >= 11 is 0. The summed E-state index contributed by atoms with van der Waals surface area (Å²) in [4.78, 5) is 0. The molecule has 0 fully saturated rings. The van der Waals surface area contributed by atoms with Crippen LogP contribution < -0.4 is 5.32 Å². The summed E-state index contributed by atoms with van der Waals surface area (Å²) < 4.78 is 5.37. The molecule has 2 unspecified atom stereocenters. The number of hydrogen-bond donors (Lipinski definition) is 1. The number of methoxy groups -OCH3 is 1. The fourth-order valence-corrected chi connectivity index (χ4v) is 2.14. The number of unbranched alkanes of at least 4 members (excludes halogenated alkanes) is 4. The Hall–Kier alpha value is -0.0800. The van der Waals surface area contributed by atoms with Crippen LogP contribution in [0, 0.1) is 0 Å². The number of rotatable bonds is 12. The molecule has 104 valence electrons. The maximum Gasteiger partial charge on any atom is 0.0558 e. The molecule has 0 amide bonds. The quantitative estimate of drug-likeness (QED) is 0.520. The Morgan fingerprint density at radius 3 is 2.29 bits per heavy atom. The SMILES string of the molecule is CCCCCCCC(CC(C)OC)NCCC. The Morgan fingerprint density at radius 1 is 1.00 bits per heavy atom. The van der Waals surface area contributed by atoms with Crippen molar-refractivity contribution < 1.29 is 4.74 Å². The van der Waals surface area contributed by atoms with E-state index in [1.54, 1.807) is 0 Å². The molecule has 0 aromatic carbocycles. The molecule has 2 heteroatoms. The second-order valence-corrected chi connectivity index (χ2v) is 5.14. The van der Waals surface area contributed by atoms with Gasteiger partial charge in [-0.2, -0.15) is 0 Å². The molecule has 0 heterocycles. The third-order valence-corrected chi connectivity index (χ3v) is 3.36. The summed E-state index contributed by atoms with van der Waals surface area (Å²) in [5, 5.41) is 3.65. The van der Waals surface area contributed by atoms with Crippen molar-refractivity contribution in [3.05, 3.63) is 0 Å². The zero-order valence-corrected chi connectivity index (χ0v) is 12.4. The van der Waals surface area contributed by atoms with Crippen molar-refractivity contribution in [3.8, 4) is 0 Å². The number of nitrogens with one attached hydrogen (secondary N) is 1. The van der Waals surface area contributed by atoms with Gasteiger partial charge in [0, 0.05) is 13.2 Å². The first kappa shape index (κ1) is 16.9. The molecule has 0 rings (SSSR count). The molecule has 0 aliphatic carbocycles. The summed E-state index contributed by atoms with van der Waals surface area (Å²) in [5.74, 6) is 0. The normalized spacial score (nSPS) is 14.8. The first-order valence-electron chi connectivity index (χ1n) is 7.50. The molecular formula is C15H33NO. The first-order valence-corrected chi connectivity index (χ1v) is 7.50. The van der Waals surface area contributed by atoms with E-state index in [1.165, 1.54) is 44.9 Å². The second kappa shape index (κ2) is 12.4. The van der Waals surface area contributed by atoms with Crippen molar-refractivity contribution in [1.82, 2.24) is 5.32 Å². The van der Waals surface area contributed by atoms with E-state index in [-0.39, 0.29) is 0 Å². The average Bonchev–Trinajstić information content (AvgIpc) is 2.35. The molecule has 0 spiro atoms. The summed E-state index contributed by atoms with van der Waals surface area (Å²) in [6.45, 7) is 7.80. The van der Waals surface area contributed by atoms with Crippen LogP contribution in [0.1, 0.15) is 72.1 Å². The van der Waals surface area contributed by atoms with E-state index < -0.39 is 0 Å². The van der Waals surface area contributed by atoms with E-state index in [0.717, 1.165) is 13.0 Å². The topological polar surface area (TPSA) is 21.3 Å². The zero-order chi connectivity index (χ0) is 12.9. The highest BCUT2D eigenvalue weighted by atomic mass is 16.5. The zero-order valence-electron chi connectivity index (χ0n) is 12.4. The van der Waals surface area contributed by atoms with Gasteiger partial charge >= 0.3 is 0 Å². The third-order valence-electron chi connectivity index (χ3n) is 3.36. The lowest BCUT2D eigenvalue weighted by Gasteiger charge is -2.21. The smallest absolute Gasteiger partial charge is 0.0558 e. The predicted octanol–water partition coefficient (Wildman–Crippen LogP) is 4.14. The van der Waals surface area contributed by atoms with E-state index in [0.29, 0.717) is 12.1 Å². The van der Waals surface area contributed by atoms with Crippen LogP contribution in [0.5, 0.6) is 0 Å². The highest BCUT2D eigenvalue weighted by Gasteiger charge is 2.11. The van der Waals surface area contributed by atoms with Crippen LogP contribution in [0.3, 0.4) is 0 Å². The van der Waals surface area contributed by atoms with E-state index >= 15 is 0 Å². The van der Waals surface area contributed by atoms with Crippen molar-refractivity contribution in [3.63, 3.8) is 0 Å². The van der Waals surface area contributed by atoms with Crippen LogP contribution in [0.4, 0.5) is 0 Å². The summed E-state index contributed by atoms with van der Waals surface area (Å²) in [7, 11) is 1.81. The molecule has 0 saturated carbocycles. The fourth-order valence-electron chi connectivity index (χ4n) is 2.14. The van der Waals surface area contributed by atoms with Crippen LogP contribution in [-0.4, -0.2) is 25.8 Å². The Labute approximate surface area is 109 Å². The van der Waals surface area contributed by atoms with Crippen LogP contribution in [0.2, 0.25) is 0 Å². The number of ether oxygens (including phenoxy) is 1. The lowest BCUT2D eigenvalue weighted by atomic mass is 10.0. The molecule has 1 N–H and O–H groups in total. The van der Waals surface area contributed by atoms with Gasteiger partial charge in [-0.15, -0.1) is 0 Å². The number of hydrogen-bond acceptors (Lipinski definition) is 2. The molecule has 0 radical (unpaired) electrons. The minimum Gasteiger partial charge on any atom is -0.382 e. The summed E-state index contributed by atoms with van der Waals surface area (Å²) in [6.07, 6.45) is 10.9. The Morgan fingerprint density at radius 2 is 1.71 bits per heavy atom. The minimum atomic E-state index is 0.375. The lowest BCUT2D eigenvalue weighted by Crippen LogP contribution is -2.33. The lowest BCUT2D eigenvalue weighted by molar-refractivity contribution is 0.0989.